The van der Waals surface area contributed by atoms with E-state index in [9.17, 15) is 9.90 Å². The molecular weight excluding hydrogens is 266 g/mol. The van der Waals surface area contributed by atoms with Crippen LogP contribution in [0.25, 0.3) is 0 Å². The van der Waals surface area contributed by atoms with Gasteiger partial charge in [0.25, 0.3) is 0 Å². The Kier molecular flexibility index (Phi) is 5.07. The molecule has 0 saturated carbocycles. The minimum absolute atomic E-state index is 0.110. The SMILES string of the molecule is CCCNc1ccc(CNC(=O)N2CCC(C)(O)C2)cc1. The van der Waals surface area contributed by atoms with E-state index in [4.69, 9.17) is 0 Å². The Morgan fingerprint density at radius 1 is 1.38 bits per heavy atom. The molecule has 1 unspecified atom stereocenters. The smallest absolute Gasteiger partial charge is 0.317 e. The Bertz CT molecular complexity index is 471. The molecule has 1 aliphatic heterocycles. The van der Waals surface area contributed by atoms with E-state index in [-0.39, 0.29) is 6.03 Å². The fourth-order valence-electron chi connectivity index (χ4n) is 2.42. The van der Waals surface area contributed by atoms with Gasteiger partial charge in [-0.1, -0.05) is 19.1 Å². The third-order valence-electron chi connectivity index (χ3n) is 3.72. The lowest BCUT2D eigenvalue weighted by Crippen LogP contribution is -2.40. The fourth-order valence-corrected chi connectivity index (χ4v) is 2.42. The van der Waals surface area contributed by atoms with Crippen LogP contribution in [-0.4, -0.2) is 41.3 Å². The van der Waals surface area contributed by atoms with Gasteiger partial charge in [0.15, 0.2) is 0 Å². The van der Waals surface area contributed by atoms with E-state index in [0.29, 0.717) is 26.1 Å². The Hall–Kier alpha value is -1.75. The number of carbonyl (C=O) groups is 1. The first kappa shape index (κ1) is 15.6. The van der Waals surface area contributed by atoms with Crippen molar-refractivity contribution in [2.45, 2.75) is 38.8 Å². The Morgan fingerprint density at radius 3 is 2.67 bits per heavy atom. The molecule has 1 saturated heterocycles. The summed E-state index contributed by atoms with van der Waals surface area (Å²) in [5.74, 6) is 0. The summed E-state index contributed by atoms with van der Waals surface area (Å²) in [5.41, 5.74) is 1.42. The zero-order valence-corrected chi connectivity index (χ0v) is 12.9. The lowest BCUT2D eigenvalue weighted by molar-refractivity contribution is 0.0719. The molecule has 1 fully saturated rings. The number of likely N-dealkylation sites (tertiary alicyclic amines) is 1. The summed E-state index contributed by atoms with van der Waals surface area (Å²) in [4.78, 5) is 13.7. The number of nitrogens with zero attached hydrogens (tertiary/aromatic N) is 1. The number of β-amino-alcohol motifs (C(OH)–C–C–N with tert-alkyl or cyclic N) is 1. The molecule has 5 heteroatoms. The topological polar surface area (TPSA) is 64.6 Å². The van der Waals surface area contributed by atoms with Crippen LogP contribution in [0.4, 0.5) is 10.5 Å². The summed E-state index contributed by atoms with van der Waals surface area (Å²) < 4.78 is 0. The molecular formula is C16H25N3O2. The lowest BCUT2D eigenvalue weighted by atomic mass is 10.1. The van der Waals surface area contributed by atoms with Crippen LogP contribution in [0.2, 0.25) is 0 Å². The lowest BCUT2D eigenvalue weighted by Gasteiger charge is -2.19. The maximum absolute atomic E-state index is 12.0. The Morgan fingerprint density at radius 2 is 2.10 bits per heavy atom. The third-order valence-corrected chi connectivity index (χ3v) is 3.72. The van der Waals surface area contributed by atoms with Gasteiger partial charge in [0.05, 0.1) is 12.1 Å². The maximum atomic E-state index is 12.0. The van der Waals surface area contributed by atoms with Crippen LogP contribution < -0.4 is 10.6 Å². The highest BCUT2D eigenvalue weighted by Gasteiger charge is 2.33. The number of anilines is 1. The number of nitrogens with one attached hydrogen (secondary N) is 2. The van der Waals surface area contributed by atoms with Crippen molar-refractivity contribution in [3.05, 3.63) is 29.8 Å². The van der Waals surface area contributed by atoms with Crippen LogP contribution in [0.3, 0.4) is 0 Å². The summed E-state index contributed by atoms with van der Waals surface area (Å²) in [6.45, 7) is 6.38. The van der Waals surface area contributed by atoms with Gasteiger partial charge in [-0.3, -0.25) is 0 Å². The number of rotatable bonds is 5. The molecule has 1 aromatic rings. The molecule has 3 N–H and O–H groups in total. The Labute approximate surface area is 126 Å². The fraction of sp³-hybridized carbons (Fsp3) is 0.562. The van der Waals surface area contributed by atoms with Gasteiger partial charge in [-0.15, -0.1) is 0 Å². The molecule has 5 nitrogen and oxygen atoms in total. The van der Waals surface area contributed by atoms with Gasteiger partial charge in [-0.05, 0) is 37.5 Å². The number of urea groups is 1. The van der Waals surface area contributed by atoms with E-state index < -0.39 is 5.60 Å². The maximum Gasteiger partial charge on any atom is 0.317 e. The Balaban J connectivity index is 1.79. The van der Waals surface area contributed by atoms with Crippen molar-refractivity contribution >= 4 is 11.7 Å². The van der Waals surface area contributed by atoms with Crippen LogP contribution in [0.1, 0.15) is 32.3 Å². The molecule has 0 aromatic heterocycles. The summed E-state index contributed by atoms with van der Waals surface area (Å²) in [5, 5.41) is 16.1. The van der Waals surface area contributed by atoms with Crippen molar-refractivity contribution < 1.29 is 9.90 Å². The van der Waals surface area contributed by atoms with Crippen LogP contribution in [0, 0.1) is 0 Å². The highest BCUT2D eigenvalue weighted by molar-refractivity contribution is 5.74. The molecule has 21 heavy (non-hydrogen) atoms. The van der Waals surface area contributed by atoms with E-state index in [2.05, 4.69) is 17.6 Å². The molecule has 0 spiro atoms. The van der Waals surface area contributed by atoms with Crippen molar-refractivity contribution in [1.29, 1.82) is 0 Å². The molecule has 1 aliphatic rings. The summed E-state index contributed by atoms with van der Waals surface area (Å²) >= 11 is 0. The van der Waals surface area contributed by atoms with Crippen LogP contribution in [-0.2, 0) is 6.54 Å². The highest BCUT2D eigenvalue weighted by atomic mass is 16.3. The number of hydrogen-bond donors (Lipinski definition) is 3. The molecule has 1 heterocycles. The monoisotopic (exact) mass is 291 g/mol. The number of hydrogen-bond acceptors (Lipinski definition) is 3. The van der Waals surface area contributed by atoms with E-state index in [1.165, 1.54) is 0 Å². The van der Waals surface area contributed by atoms with Crippen LogP contribution in [0.15, 0.2) is 24.3 Å². The summed E-state index contributed by atoms with van der Waals surface area (Å²) in [6.07, 6.45) is 1.73. The predicted octanol–water partition coefficient (Wildman–Crippen LogP) is 2.17. The number of benzene rings is 1. The van der Waals surface area contributed by atoms with Crippen molar-refractivity contribution in [2.24, 2.45) is 0 Å². The first-order valence-corrected chi connectivity index (χ1v) is 7.58. The molecule has 116 valence electrons. The van der Waals surface area contributed by atoms with E-state index in [0.717, 1.165) is 24.2 Å². The predicted molar refractivity (Wildman–Crippen MR) is 84.3 cm³/mol. The summed E-state index contributed by atoms with van der Waals surface area (Å²) in [6, 6.07) is 7.97. The second kappa shape index (κ2) is 6.80. The van der Waals surface area contributed by atoms with E-state index in [1.54, 1.807) is 11.8 Å². The van der Waals surface area contributed by atoms with E-state index in [1.807, 2.05) is 24.3 Å². The quantitative estimate of drug-likeness (QED) is 0.779. The average Bonchev–Trinajstić information content (AvgIpc) is 2.84. The molecule has 0 radical (unpaired) electrons. The van der Waals surface area contributed by atoms with Crippen molar-refractivity contribution in [1.82, 2.24) is 10.2 Å². The standard InChI is InChI=1S/C16H25N3O2/c1-3-9-17-14-6-4-13(5-7-14)11-18-15(20)19-10-8-16(2,21)12-19/h4-7,17,21H,3,8-12H2,1-2H3,(H,18,20). The molecule has 0 aliphatic carbocycles. The van der Waals surface area contributed by atoms with Crippen molar-refractivity contribution in [2.75, 3.05) is 25.0 Å². The molecule has 1 atom stereocenters. The number of aliphatic hydroxyl groups is 1. The first-order chi connectivity index (χ1) is 10.00. The number of amides is 2. The minimum Gasteiger partial charge on any atom is -0.388 e. The second-order valence-electron chi connectivity index (χ2n) is 5.95. The van der Waals surface area contributed by atoms with Gasteiger partial charge in [-0.2, -0.15) is 0 Å². The van der Waals surface area contributed by atoms with Gasteiger partial charge in [-0.25, -0.2) is 4.79 Å². The second-order valence-corrected chi connectivity index (χ2v) is 5.95. The van der Waals surface area contributed by atoms with Gasteiger partial charge >= 0.3 is 6.03 Å². The normalized spacial score (nSPS) is 21.4. The third kappa shape index (κ3) is 4.63. The minimum atomic E-state index is -0.746. The zero-order chi connectivity index (χ0) is 15.3. The van der Waals surface area contributed by atoms with E-state index >= 15 is 0 Å². The van der Waals surface area contributed by atoms with Crippen LogP contribution >= 0.6 is 0 Å². The van der Waals surface area contributed by atoms with Gasteiger partial charge < -0.3 is 20.6 Å². The van der Waals surface area contributed by atoms with Crippen molar-refractivity contribution in [3.8, 4) is 0 Å². The van der Waals surface area contributed by atoms with Gasteiger partial charge in [0.2, 0.25) is 0 Å². The molecule has 2 amide bonds. The first-order valence-electron chi connectivity index (χ1n) is 7.58. The van der Waals surface area contributed by atoms with Crippen molar-refractivity contribution in [3.63, 3.8) is 0 Å². The highest BCUT2D eigenvalue weighted by Crippen LogP contribution is 2.20. The van der Waals surface area contributed by atoms with Crippen LogP contribution in [0.5, 0.6) is 0 Å². The molecule has 2 rings (SSSR count). The average molecular weight is 291 g/mol. The zero-order valence-electron chi connectivity index (χ0n) is 12.9. The summed E-state index contributed by atoms with van der Waals surface area (Å²) in [7, 11) is 0. The van der Waals surface area contributed by atoms with Gasteiger partial charge in [0, 0.05) is 25.3 Å². The molecule has 1 aromatic carbocycles. The number of carbonyl (C=O) groups excluding carboxylic acids is 1. The molecule has 0 bridgehead atoms. The van der Waals surface area contributed by atoms with Gasteiger partial charge in [0.1, 0.15) is 0 Å². The largest absolute Gasteiger partial charge is 0.388 e.